The van der Waals surface area contributed by atoms with E-state index in [-0.39, 0.29) is 17.7 Å². The normalized spacial score (nSPS) is 11.9. The molecule has 0 fully saturated rings. The van der Waals surface area contributed by atoms with Gasteiger partial charge >= 0.3 is 0 Å². The highest BCUT2D eigenvalue weighted by Gasteiger charge is 2.18. The summed E-state index contributed by atoms with van der Waals surface area (Å²) >= 11 is 1.64. The molecule has 2 aromatic heterocycles. The maximum atomic E-state index is 12.5. The van der Waals surface area contributed by atoms with Gasteiger partial charge in [0, 0.05) is 28.5 Å². The maximum Gasteiger partial charge on any atom is 0.226 e. The number of rotatable bonds is 6. The Morgan fingerprint density at radius 1 is 1.12 bits per heavy atom. The van der Waals surface area contributed by atoms with Crippen molar-refractivity contribution in [3.05, 3.63) is 76.7 Å². The fourth-order valence-electron chi connectivity index (χ4n) is 2.59. The quantitative estimate of drug-likeness (QED) is 0.679. The summed E-state index contributed by atoms with van der Waals surface area (Å²) in [4.78, 5) is 25.1. The number of carbonyl (C=O) groups is 2. The lowest BCUT2D eigenvalue weighted by Gasteiger charge is -2.17. The number of nitrogens with zero attached hydrogens (tertiary/aromatic N) is 1. The molecular weight excluding hydrogens is 320 g/mol. The molecule has 1 aromatic carbocycles. The topological polar surface area (TPSA) is 51.1 Å². The molecule has 0 saturated heterocycles. The Bertz CT molecular complexity index is 789. The molecule has 122 valence electrons. The molecule has 0 unspecified atom stereocenters. The van der Waals surface area contributed by atoms with Crippen molar-refractivity contribution in [3.63, 3.8) is 0 Å². The molecule has 0 aliphatic heterocycles. The van der Waals surface area contributed by atoms with E-state index in [9.17, 15) is 9.59 Å². The molecule has 0 saturated carbocycles. The summed E-state index contributed by atoms with van der Waals surface area (Å²) < 4.78 is 2.04. The van der Waals surface area contributed by atoms with Crippen LogP contribution in [0.5, 0.6) is 0 Å². The maximum absolute atomic E-state index is 12.5. The van der Waals surface area contributed by atoms with Gasteiger partial charge in [-0.2, -0.15) is 0 Å². The minimum absolute atomic E-state index is 0.0186. The Labute approximate surface area is 144 Å². The van der Waals surface area contributed by atoms with Crippen LogP contribution in [-0.4, -0.2) is 16.3 Å². The monoisotopic (exact) mass is 338 g/mol. The van der Waals surface area contributed by atoms with E-state index in [1.165, 1.54) is 6.92 Å². The number of thiophene rings is 1. The number of anilines is 1. The molecule has 1 amide bonds. The molecule has 0 bridgehead atoms. The molecule has 0 spiro atoms. The first-order chi connectivity index (χ1) is 11.6. The van der Waals surface area contributed by atoms with Gasteiger partial charge in [0.05, 0.1) is 12.5 Å². The fraction of sp³-hybridized carbons (Fsp3) is 0.158. The molecule has 0 aliphatic rings. The summed E-state index contributed by atoms with van der Waals surface area (Å²) in [5.41, 5.74) is 1.23. The second-order valence-electron chi connectivity index (χ2n) is 5.55. The van der Waals surface area contributed by atoms with E-state index >= 15 is 0 Å². The lowest BCUT2D eigenvalue weighted by Crippen LogP contribution is -2.19. The van der Waals surface area contributed by atoms with E-state index in [1.54, 1.807) is 35.6 Å². The Balaban J connectivity index is 1.75. The predicted octanol–water partition coefficient (Wildman–Crippen LogP) is 4.37. The lowest BCUT2D eigenvalue weighted by atomic mass is 10.1. The highest BCUT2D eigenvalue weighted by atomic mass is 32.1. The van der Waals surface area contributed by atoms with Crippen molar-refractivity contribution in [3.8, 4) is 0 Å². The molecule has 1 N–H and O–H groups in total. The standard InChI is InChI=1S/C19H18N2O2S/c1-14(22)15-6-4-7-16(12-15)20-19(23)13-17(18-8-5-11-24-18)21-9-2-3-10-21/h2-12,17H,13H2,1H3,(H,20,23)/t17-/m0/s1. The largest absolute Gasteiger partial charge is 0.346 e. The third kappa shape index (κ3) is 3.81. The number of carbonyl (C=O) groups excluding carboxylic acids is 2. The third-order valence-corrected chi connectivity index (χ3v) is 4.76. The van der Waals surface area contributed by atoms with Gasteiger partial charge in [-0.1, -0.05) is 18.2 Å². The number of ketones is 1. The van der Waals surface area contributed by atoms with E-state index in [0.717, 1.165) is 4.88 Å². The van der Waals surface area contributed by atoms with Crippen LogP contribution in [0.15, 0.2) is 66.3 Å². The van der Waals surface area contributed by atoms with Crippen LogP contribution < -0.4 is 5.32 Å². The zero-order valence-corrected chi connectivity index (χ0v) is 14.1. The van der Waals surface area contributed by atoms with Crippen molar-refractivity contribution >= 4 is 28.7 Å². The van der Waals surface area contributed by atoms with E-state index in [2.05, 4.69) is 5.32 Å². The summed E-state index contributed by atoms with van der Waals surface area (Å²) in [7, 11) is 0. The molecule has 3 aromatic rings. The van der Waals surface area contributed by atoms with Gasteiger partial charge < -0.3 is 9.88 Å². The number of hydrogen-bond donors (Lipinski definition) is 1. The van der Waals surface area contributed by atoms with Gasteiger partial charge in [-0.25, -0.2) is 0 Å². The van der Waals surface area contributed by atoms with Crippen LogP contribution in [0, 0.1) is 0 Å². The SMILES string of the molecule is CC(=O)c1cccc(NC(=O)C[C@@H](c2cccs2)n2cccc2)c1. The van der Waals surface area contributed by atoms with Crippen molar-refractivity contribution in [1.29, 1.82) is 0 Å². The first-order valence-corrected chi connectivity index (χ1v) is 8.58. The first-order valence-electron chi connectivity index (χ1n) is 7.70. The first kappa shape index (κ1) is 16.2. The molecular formula is C19H18N2O2S. The second kappa shape index (κ2) is 7.27. The van der Waals surface area contributed by atoms with Crippen LogP contribution in [0.25, 0.3) is 0 Å². The zero-order chi connectivity index (χ0) is 16.9. The van der Waals surface area contributed by atoms with Crippen molar-refractivity contribution < 1.29 is 9.59 Å². The van der Waals surface area contributed by atoms with Crippen molar-refractivity contribution in [2.75, 3.05) is 5.32 Å². The van der Waals surface area contributed by atoms with Gasteiger partial charge in [-0.15, -0.1) is 11.3 Å². The van der Waals surface area contributed by atoms with E-state index in [4.69, 9.17) is 0 Å². The molecule has 0 aliphatic carbocycles. The number of benzene rings is 1. The zero-order valence-electron chi connectivity index (χ0n) is 13.3. The number of aromatic nitrogens is 1. The molecule has 0 radical (unpaired) electrons. The average Bonchev–Trinajstić information content (AvgIpc) is 3.26. The van der Waals surface area contributed by atoms with Crippen LogP contribution in [-0.2, 0) is 4.79 Å². The molecule has 1 atom stereocenters. The van der Waals surface area contributed by atoms with Gasteiger partial charge in [0.25, 0.3) is 0 Å². The van der Waals surface area contributed by atoms with Crippen LogP contribution in [0.2, 0.25) is 0 Å². The van der Waals surface area contributed by atoms with Crippen LogP contribution in [0.3, 0.4) is 0 Å². The highest BCUT2D eigenvalue weighted by molar-refractivity contribution is 7.10. The summed E-state index contributed by atoms with van der Waals surface area (Å²) in [6, 6.07) is 14.9. The molecule has 4 nitrogen and oxygen atoms in total. The van der Waals surface area contributed by atoms with E-state index in [0.29, 0.717) is 17.7 Å². The Hall–Kier alpha value is -2.66. The second-order valence-corrected chi connectivity index (χ2v) is 6.53. The third-order valence-electron chi connectivity index (χ3n) is 3.79. The van der Waals surface area contributed by atoms with E-state index in [1.807, 2.05) is 46.6 Å². The summed E-state index contributed by atoms with van der Waals surface area (Å²) in [6.07, 6.45) is 4.27. The lowest BCUT2D eigenvalue weighted by molar-refractivity contribution is -0.116. The average molecular weight is 338 g/mol. The molecule has 2 heterocycles. The molecule has 24 heavy (non-hydrogen) atoms. The Morgan fingerprint density at radius 3 is 2.58 bits per heavy atom. The van der Waals surface area contributed by atoms with Crippen LogP contribution in [0.1, 0.15) is 34.6 Å². The van der Waals surface area contributed by atoms with Gasteiger partial charge in [-0.3, -0.25) is 9.59 Å². The van der Waals surface area contributed by atoms with Gasteiger partial charge in [0.15, 0.2) is 5.78 Å². The molecule has 3 rings (SSSR count). The van der Waals surface area contributed by atoms with E-state index < -0.39 is 0 Å². The highest BCUT2D eigenvalue weighted by Crippen LogP contribution is 2.27. The van der Waals surface area contributed by atoms with Crippen molar-refractivity contribution in [1.82, 2.24) is 4.57 Å². The number of Topliss-reactive ketones (excluding diaryl/α,β-unsaturated/α-hetero) is 1. The summed E-state index contributed by atoms with van der Waals surface area (Å²) in [6.45, 7) is 1.51. The number of nitrogens with one attached hydrogen (secondary N) is 1. The van der Waals surface area contributed by atoms with Crippen LogP contribution in [0.4, 0.5) is 5.69 Å². The fourth-order valence-corrected chi connectivity index (χ4v) is 3.43. The minimum Gasteiger partial charge on any atom is -0.346 e. The Morgan fingerprint density at radius 2 is 1.92 bits per heavy atom. The molecule has 5 heteroatoms. The van der Waals surface area contributed by atoms with Crippen molar-refractivity contribution in [2.24, 2.45) is 0 Å². The predicted molar refractivity (Wildman–Crippen MR) is 96.6 cm³/mol. The van der Waals surface area contributed by atoms with Crippen LogP contribution >= 0.6 is 11.3 Å². The number of amides is 1. The van der Waals surface area contributed by atoms with Gasteiger partial charge in [0.2, 0.25) is 5.91 Å². The Kier molecular flexibility index (Phi) is 4.91. The smallest absolute Gasteiger partial charge is 0.226 e. The van der Waals surface area contributed by atoms with Gasteiger partial charge in [0.1, 0.15) is 0 Å². The number of hydrogen-bond acceptors (Lipinski definition) is 3. The minimum atomic E-state index is -0.0807. The van der Waals surface area contributed by atoms with Crippen molar-refractivity contribution in [2.45, 2.75) is 19.4 Å². The summed E-state index contributed by atoms with van der Waals surface area (Å²) in [5.74, 6) is -0.0993. The van der Waals surface area contributed by atoms with Gasteiger partial charge in [-0.05, 0) is 42.6 Å². The summed E-state index contributed by atoms with van der Waals surface area (Å²) in [5, 5.41) is 4.91.